The molecule has 2 saturated heterocycles. The van der Waals surface area contributed by atoms with E-state index in [1.165, 1.54) is 18.2 Å². The summed E-state index contributed by atoms with van der Waals surface area (Å²) in [6.07, 6.45) is 4.33. The lowest BCUT2D eigenvalue weighted by Crippen LogP contribution is -2.46. The Morgan fingerprint density at radius 1 is 1.06 bits per heavy atom. The number of anilines is 2. The van der Waals surface area contributed by atoms with Crippen LogP contribution in [0.3, 0.4) is 0 Å². The molecular formula is C24H32N4O3. The van der Waals surface area contributed by atoms with Crippen LogP contribution in [-0.2, 0) is 4.79 Å². The van der Waals surface area contributed by atoms with Crippen LogP contribution in [0.2, 0.25) is 0 Å². The molecule has 0 aliphatic carbocycles. The Morgan fingerprint density at radius 2 is 1.81 bits per heavy atom. The minimum atomic E-state index is -0.0744. The summed E-state index contributed by atoms with van der Waals surface area (Å²) in [6.45, 7) is 10.8. The van der Waals surface area contributed by atoms with Crippen molar-refractivity contribution < 1.29 is 14.0 Å². The number of benzene rings is 1. The molecule has 0 spiro atoms. The van der Waals surface area contributed by atoms with E-state index >= 15 is 0 Å². The topological polar surface area (TPSA) is 69.0 Å². The van der Waals surface area contributed by atoms with Gasteiger partial charge in [-0.3, -0.25) is 9.59 Å². The molecule has 0 bridgehead atoms. The second-order valence-corrected chi connectivity index (χ2v) is 8.49. The molecule has 4 rings (SSSR count). The van der Waals surface area contributed by atoms with Crippen molar-refractivity contribution in [3.05, 3.63) is 47.9 Å². The summed E-state index contributed by atoms with van der Waals surface area (Å²) >= 11 is 0. The number of piperidine rings is 1. The van der Waals surface area contributed by atoms with Gasteiger partial charge in [0, 0.05) is 56.6 Å². The van der Waals surface area contributed by atoms with Gasteiger partial charge in [-0.15, -0.1) is 0 Å². The van der Waals surface area contributed by atoms with Gasteiger partial charge in [-0.2, -0.15) is 0 Å². The first-order valence-corrected chi connectivity index (χ1v) is 11.3. The number of nitrogens with zero attached hydrogens (tertiary/aromatic N) is 3. The van der Waals surface area contributed by atoms with Gasteiger partial charge >= 0.3 is 0 Å². The maximum atomic E-state index is 12.8. The Bertz CT molecular complexity index is 896. The van der Waals surface area contributed by atoms with Crippen molar-refractivity contribution in [2.75, 3.05) is 56.0 Å². The normalized spacial score (nSPS) is 18.3. The zero-order valence-electron chi connectivity index (χ0n) is 18.5. The van der Waals surface area contributed by atoms with Crippen molar-refractivity contribution >= 4 is 23.2 Å². The summed E-state index contributed by atoms with van der Waals surface area (Å²) in [7, 11) is 0. The van der Waals surface area contributed by atoms with E-state index in [1.807, 2.05) is 13.0 Å². The van der Waals surface area contributed by atoms with Crippen LogP contribution in [0.1, 0.15) is 35.7 Å². The molecule has 2 amide bonds. The van der Waals surface area contributed by atoms with E-state index in [9.17, 15) is 9.59 Å². The van der Waals surface area contributed by atoms with E-state index in [2.05, 4.69) is 34.2 Å². The van der Waals surface area contributed by atoms with Crippen LogP contribution < -0.4 is 10.2 Å². The molecule has 31 heavy (non-hydrogen) atoms. The quantitative estimate of drug-likeness (QED) is 0.798. The van der Waals surface area contributed by atoms with E-state index in [1.54, 1.807) is 11.0 Å². The molecule has 3 heterocycles. The molecular weight excluding hydrogens is 392 g/mol. The maximum absolute atomic E-state index is 12.8. The monoisotopic (exact) mass is 424 g/mol. The molecule has 1 N–H and O–H groups in total. The smallest absolute Gasteiger partial charge is 0.257 e. The first-order valence-electron chi connectivity index (χ1n) is 11.3. The average Bonchev–Trinajstić information content (AvgIpc) is 3.35. The molecule has 0 radical (unpaired) electrons. The van der Waals surface area contributed by atoms with Gasteiger partial charge in [0.15, 0.2) is 0 Å². The largest absolute Gasteiger partial charge is 0.472 e. The standard InChI is InChI=1S/C24H32N4O3/c1-3-26-11-13-27(14-12-26)21-4-5-22(18(2)16-21)25-23(29)19-6-9-28(10-7-19)24(30)20-8-15-31-17-20/h4-5,8,15-17,19H,3,6-7,9-14H2,1-2H3,(H,25,29). The Morgan fingerprint density at radius 3 is 2.42 bits per heavy atom. The molecule has 0 atom stereocenters. The van der Waals surface area contributed by atoms with Gasteiger partial charge in [0.05, 0.1) is 11.8 Å². The first kappa shape index (κ1) is 21.4. The van der Waals surface area contributed by atoms with Gasteiger partial charge in [-0.25, -0.2) is 0 Å². The molecule has 166 valence electrons. The number of nitrogens with one attached hydrogen (secondary N) is 1. The fourth-order valence-corrected chi connectivity index (χ4v) is 4.46. The second kappa shape index (κ2) is 9.56. The van der Waals surface area contributed by atoms with Crippen molar-refractivity contribution in [3.8, 4) is 0 Å². The van der Waals surface area contributed by atoms with Gasteiger partial charge in [-0.05, 0) is 56.1 Å². The van der Waals surface area contributed by atoms with Crippen molar-refractivity contribution in [2.24, 2.45) is 5.92 Å². The van der Waals surface area contributed by atoms with E-state index in [4.69, 9.17) is 4.42 Å². The van der Waals surface area contributed by atoms with Crippen molar-refractivity contribution in [1.29, 1.82) is 0 Å². The third-order valence-electron chi connectivity index (χ3n) is 6.57. The Hall–Kier alpha value is -2.80. The molecule has 7 heteroatoms. The molecule has 2 aliphatic heterocycles. The number of carbonyl (C=O) groups is 2. The van der Waals surface area contributed by atoms with Gasteiger partial charge in [-0.1, -0.05) is 6.92 Å². The third kappa shape index (κ3) is 4.93. The molecule has 0 saturated carbocycles. The lowest BCUT2D eigenvalue weighted by atomic mass is 9.95. The number of likely N-dealkylation sites (tertiary alicyclic amines) is 1. The highest BCUT2D eigenvalue weighted by molar-refractivity contribution is 5.95. The summed E-state index contributed by atoms with van der Waals surface area (Å²) in [6, 6.07) is 7.98. The summed E-state index contributed by atoms with van der Waals surface area (Å²) in [5.74, 6) is -0.0590. The number of carbonyl (C=O) groups excluding carboxylic acids is 2. The number of furan rings is 1. The highest BCUT2D eigenvalue weighted by Gasteiger charge is 2.28. The van der Waals surface area contributed by atoms with Crippen LogP contribution >= 0.6 is 0 Å². The van der Waals surface area contributed by atoms with Crippen molar-refractivity contribution in [1.82, 2.24) is 9.80 Å². The molecule has 1 aromatic carbocycles. The van der Waals surface area contributed by atoms with Crippen LogP contribution in [0, 0.1) is 12.8 Å². The molecule has 1 aromatic heterocycles. The second-order valence-electron chi connectivity index (χ2n) is 8.49. The molecule has 0 unspecified atom stereocenters. The SMILES string of the molecule is CCN1CCN(c2ccc(NC(=O)C3CCN(C(=O)c4ccoc4)CC3)c(C)c2)CC1. The Balaban J connectivity index is 1.30. The summed E-state index contributed by atoms with van der Waals surface area (Å²) < 4.78 is 5.00. The highest BCUT2D eigenvalue weighted by Crippen LogP contribution is 2.26. The van der Waals surface area contributed by atoms with E-state index in [-0.39, 0.29) is 17.7 Å². The van der Waals surface area contributed by atoms with Crippen LogP contribution in [-0.4, -0.2) is 67.4 Å². The Labute approximate surface area is 184 Å². The fraction of sp³-hybridized carbons (Fsp3) is 0.500. The van der Waals surface area contributed by atoms with Gasteiger partial charge in [0.2, 0.25) is 5.91 Å². The molecule has 2 fully saturated rings. The van der Waals surface area contributed by atoms with E-state index < -0.39 is 0 Å². The maximum Gasteiger partial charge on any atom is 0.257 e. The highest BCUT2D eigenvalue weighted by atomic mass is 16.3. The lowest BCUT2D eigenvalue weighted by Gasteiger charge is -2.35. The zero-order valence-corrected chi connectivity index (χ0v) is 18.5. The number of aryl methyl sites for hydroxylation is 1. The summed E-state index contributed by atoms with van der Waals surface area (Å²) in [5.41, 5.74) is 3.74. The van der Waals surface area contributed by atoms with Crippen LogP contribution in [0.4, 0.5) is 11.4 Å². The number of likely N-dealkylation sites (N-methyl/N-ethyl adjacent to an activating group) is 1. The number of piperazine rings is 1. The third-order valence-corrected chi connectivity index (χ3v) is 6.57. The minimum Gasteiger partial charge on any atom is -0.472 e. The lowest BCUT2D eigenvalue weighted by molar-refractivity contribution is -0.121. The predicted molar refractivity (Wildman–Crippen MR) is 121 cm³/mol. The van der Waals surface area contributed by atoms with Gasteiger partial charge < -0.3 is 24.4 Å². The van der Waals surface area contributed by atoms with E-state index in [0.717, 1.165) is 44.0 Å². The Kier molecular flexibility index (Phi) is 6.61. The van der Waals surface area contributed by atoms with Crippen molar-refractivity contribution in [3.63, 3.8) is 0 Å². The number of rotatable bonds is 5. The summed E-state index contributed by atoms with van der Waals surface area (Å²) in [5, 5.41) is 3.11. The van der Waals surface area contributed by atoms with Crippen LogP contribution in [0.5, 0.6) is 0 Å². The van der Waals surface area contributed by atoms with Gasteiger partial charge in [0.1, 0.15) is 6.26 Å². The van der Waals surface area contributed by atoms with Crippen molar-refractivity contribution in [2.45, 2.75) is 26.7 Å². The number of hydrogen-bond donors (Lipinski definition) is 1. The number of amides is 2. The van der Waals surface area contributed by atoms with E-state index in [0.29, 0.717) is 31.5 Å². The zero-order chi connectivity index (χ0) is 21.8. The van der Waals surface area contributed by atoms with Crippen LogP contribution in [0.25, 0.3) is 0 Å². The van der Waals surface area contributed by atoms with Crippen LogP contribution in [0.15, 0.2) is 41.2 Å². The minimum absolute atomic E-state index is 0.0289. The summed E-state index contributed by atoms with van der Waals surface area (Å²) in [4.78, 5) is 31.9. The molecule has 2 aliphatic rings. The van der Waals surface area contributed by atoms with Gasteiger partial charge in [0.25, 0.3) is 5.91 Å². The molecule has 2 aromatic rings. The predicted octanol–water partition coefficient (Wildman–Crippen LogP) is 3.22. The average molecular weight is 425 g/mol. The first-order chi connectivity index (χ1) is 15.0. The molecule has 7 nitrogen and oxygen atoms in total. The fourth-order valence-electron chi connectivity index (χ4n) is 4.46. The number of hydrogen-bond acceptors (Lipinski definition) is 5.